The van der Waals surface area contributed by atoms with Crippen LogP contribution in [0.3, 0.4) is 0 Å². The predicted octanol–water partition coefficient (Wildman–Crippen LogP) is 2.65. The fourth-order valence-electron chi connectivity index (χ4n) is 2.14. The smallest absolute Gasteiger partial charge is 0.294 e. The molecule has 1 aromatic carbocycles. The Morgan fingerprint density at radius 3 is 2.82 bits per heavy atom. The molecule has 22 heavy (non-hydrogen) atoms. The zero-order valence-electron chi connectivity index (χ0n) is 12.6. The molecule has 2 aromatic rings. The summed E-state index contributed by atoms with van der Waals surface area (Å²) in [6, 6.07) is 4.49. The van der Waals surface area contributed by atoms with Gasteiger partial charge < -0.3 is 9.47 Å². The van der Waals surface area contributed by atoms with Crippen molar-refractivity contribution < 1.29 is 9.72 Å². The van der Waals surface area contributed by atoms with E-state index in [2.05, 4.69) is 4.98 Å². The Morgan fingerprint density at radius 1 is 1.45 bits per heavy atom. The second kappa shape index (κ2) is 6.84. The minimum Gasteiger partial charge on any atom is -0.342 e. The molecule has 0 aliphatic carbocycles. The molecule has 1 aromatic heterocycles. The number of nitro benzene ring substituents is 1. The maximum absolute atomic E-state index is 12.3. The third-order valence-corrected chi connectivity index (χ3v) is 3.40. The van der Waals surface area contributed by atoms with E-state index in [0.717, 1.165) is 12.8 Å². The van der Waals surface area contributed by atoms with Gasteiger partial charge in [0.05, 0.1) is 11.3 Å². The van der Waals surface area contributed by atoms with E-state index in [1.807, 2.05) is 6.92 Å². The van der Waals surface area contributed by atoms with E-state index in [1.54, 1.807) is 41.0 Å². The van der Waals surface area contributed by atoms with Gasteiger partial charge in [0, 0.05) is 37.6 Å². The van der Waals surface area contributed by atoms with Gasteiger partial charge in [-0.2, -0.15) is 0 Å². The van der Waals surface area contributed by atoms with Crippen LogP contribution in [-0.2, 0) is 0 Å². The van der Waals surface area contributed by atoms with Gasteiger partial charge in [0.15, 0.2) is 0 Å². The third-order valence-electron chi connectivity index (χ3n) is 3.40. The second-order valence-electron chi connectivity index (χ2n) is 5.01. The van der Waals surface area contributed by atoms with Crippen LogP contribution in [0.5, 0.6) is 0 Å². The van der Waals surface area contributed by atoms with E-state index in [0.29, 0.717) is 17.8 Å². The van der Waals surface area contributed by atoms with E-state index in [-0.39, 0.29) is 11.6 Å². The van der Waals surface area contributed by atoms with Crippen LogP contribution in [0.25, 0.3) is 5.69 Å². The molecule has 0 atom stereocenters. The first-order valence-corrected chi connectivity index (χ1v) is 7.06. The second-order valence-corrected chi connectivity index (χ2v) is 5.01. The van der Waals surface area contributed by atoms with Crippen LogP contribution >= 0.6 is 0 Å². The fourth-order valence-corrected chi connectivity index (χ4v) is 2.14. The van der Waals surface area contributed by atoms with Crippen LogP contribution in [0.15, 0.2) is 36.9 Å². The molecule has 7 heteroatoms. The Kier molecular flexibility index (Phi) is 4.88. The number of unbranched alkanes of at least 4 members (excludes halogenated alkanes) is 1. The average Bonchev–Trinajstić information content (AvgIpc) is 3.05. The number of amides is 1. The number of nitro groups is 1. The van der Waals surface area contributed by atoms with Crippen molar-refractivity contribution in [3.63, 3.8) is 0 Å². The van der Waals surface area contributed by atoms with Gasteiger partial charge in [-0.1, -0.05) is 13.3 Å². The summed E-state index contributed by atoms with van der Waals surface area (Å²) in [7, 11) is 1.70. The molecule has 0 saturated heterocycles. The number of carbonyl (C=O) groups is 1. The molecule has 1 heterocycles. The van der Waals surface area contributed by atoms with Crippen molar-refractivity contribution in [1.82, 2.24) is 14.5 Å². The number of hydrogen-bond acceptors (Lipinski definition) is 4. The number of imidazole rings is 1. The Morgan fingerprint density at radius 2 is 2.23 bits per heavy atom. The zero-order valence-corrected chi connectivity index (χ0v) is 12.6. The molecule has 0 aliphatic heterocycles. The van der Waals surface area contributed by atoms with E-state index in [9.17, 15) is 14.9 Å². The Hall–Kier alpha value is -2.70. The van der Waals surface area contributed by atoms with Crippen LogP contribution in [-0.4, -0.2) is 38.9 Å². The number of nitrogens with zero attached hydrogens (tertiary/aromatic N) is 4. The van der Waals surface area contributed by atoms with Gasteiger partial charge in [0.2, 0.25) is 0 Å². The molecule has 0 saturated carbocycles. The highest BCUT2D eigenvalue weighted by molar-refractivity contribution is 5.95. The summed E-state index contributed by atoms with van der Waals surface area (Å²) in [4.78, 5) is 28.6. The molecule has 0 unspecified atom stereocenters. The summed E-state index contributed by atoms with van der Waals surface area (Å²) in [5, 5.41) is 11.3. The molecular formula is C15H18N4O3. The van der Waals surface area contributed by atoms with Gasteiger partial charge in [0.25, 0.3) is 11.6 Å². The Labute approximate surface area is 128 Å². The van der Waals surface area contributed by atoms with E-state index >= 15 is 0 Å². The molecule has 0 aliphatic rings. The van der Waals surface area contributed by atoms with Gasteiger partial charge >= 0.3 is 0 Å². The first-order valence-electron chi connectivity index (χ1n) is 7.06. The lowest BCUT2D eigenvalue weighted by Gasteiger charge is -2.17. The molecule has 116 valence electrons. The minimum absolute atomic E-state index is 0.118. The van der Waals surface area contributed by atoms with Crippen molar-refractivity contribution in [3.8, 4) is 5.69 Å². The van der Waals surface area contributed by atoms with Crippen molar-refractivity contribution in [2.75, 3.05) is 13.6 Å². The zero-order chi connectivity index (χ0) is 16.1. The highest BCUT2D eigenvalue weighted by atomic mass is 16.6. The summed E-state index contributed by atoms with van der Waals surface area (Å²) in [6.07, 6.45) is 6.53. The lowest BCUT2D eigenvalue weighted by Crippen LogP contribution is -2.27. The quantitative estimate of drug-likeness (QED) is 0.607. The molecular weight excluding hydrogens is 284 g/mol. The lowest BCUT2D eigenvalue weighted by molar-refractivity contribution is -0.384. The first kappa shape index (κ1) is 15.7. The monoisotopic (exact) mass is 302 g/mol. The molecule has 2 rings (SSSR count). The van der Waals surface area contributed by atoms with Crippen molar-refractivity contribution in [2.45, 2.75) is 19.8 Å². The summed E-state index contributed by atoms with van der Waals surface area (Å²) in [5.41, 5.74) is 0.581. The molecule has 1 amide bonds. The molecule has 0 bridgehead atoms. The van der Waals surface area contributed by atoms with Crippen molar-refractivity contribution in [3.05, 3.63) is 52.6 Å². The number of carbonyl (C=O) groups excluding carboxylic acids is 1. The highest BCUT2D eigenvalue weighted by Crippen LogP contribution is 2.24. The van der Waals surface area contributed by atoms with Crippen LogP contribution < -0.4 is 0 Å². The minimum atomic E-state index is -0.488. The highest BCUT2D eigenvalue weighted by Gasteiger charge is 2.20. The normalized spacial score (nSPS) is 10.5. The summed E-state index contributed by atoms with van der Waals surface area (Å²) in [5.74, 6) is -0.214. The Bertz CT molecular complexity index is 667. The van der Waals surface area contributed by atoms with Gasteiger partial charge in [-0.05, 0) is 18.6 Å². The predicted molar refractivity (Wildman–Crippen MR) is 82.1 cm³/mol. The van der Waals surface area contributed by atoms with Crippen molar-refractivity contribution in [1.29, 1.82) is 0 Å². The van der Waals surface area contributed by atoms with E-state index in [4.69, 9.17) is 0 Å². The fraction of sp³-hybridized carbons (Fsp3) is 0.333. The van der Waals surface area contributed by atoms with Crippen LogP contribution in [0.4, 0.5) is 5.69 Å². The van der Waals surface area contributed by atoms with Crippen molar-refractivity contribution in [2.24, 2.45) is 0 Å². The topological polar surface area (TPSA) is 81.3 Å². The van der Waals surface area contributed by atoms with Crippen LogP contribution in [0.2, 0.25) is 0 Å². The molecule has 7 nitrogen and oxygen atoms in total. The summed E-state index contributed by atoms with van der Waals surface area (Å²) >= 11 is 0. The number of aromatic nitrogens is 2. The SMILES string of the molecule is CCCCN(C)C(=O)c1ccc(-n2ccnc2)c([N+](=O)[O-])c1. The van der Waals surface area contributed by atoms with Gasteiger partial charge in [-0.25, -0.2) is 4.98 Å². The van der Waals surface area contributed by atoms with Gasteiger partial charge in [0.1, 0.15) is 5.69 Å². The molecule has 0 radical (unpaired) electrons. The average molecular weight is 302 g/mol. The van der Waals surface area contributed by atoms with Crippen LogP contribution in [0, 0.1) is 10.1 Å². The molecule has 0 N–H and O–H groups in total. The molecule has 0 fully saturated rings. The number of benzene rings is 1. The third kappa shape index (κ3) is 3.30. The van der Waals surface area contributed by atoms with Gasteiger partial charge in [-0.15, -0.1) is 0 Å². The summed E-state index contributed by atoms with van der Waals surface area (Å²) in [6.45, 7) is 2.68. The number of rotatable bonds is 6. The Balaban J connectivity index is 2.34. The maximum atomic E-state index is 12.3. The molecule has 0 spiro atoms. The van der Waals surface area contributed by atoms with E-state index in [1.165, 1.54) is 12.4 Å². The van der Waals surface area contributed by atoms with Crippen molar-refractivity contribution >= 4 is 11.6 Å². The number of hydrogen-bond donors (Lipinski definition) is 0. The van der Waals surface area contributed by atoms with Gasteiger partial charge in [-0.3, -0.25) is 14.9 Å². The van der Waals surface area contributed by atoms with E-state index < -0.39 is 4.92 Å². The van der Waals surface area contributed by atoms with Crippen LogP contribution in [0.1, 0.15) is 30.1 Å². The first-order chi connectivity index (χ1) is 10.5. The summed E-state index contributed by atoms with van der Waals surface area (Å²) < 4.78 is 1.55. The lowest BCUT2D eigenvalue weighted by atomic mass is 10.1. The largest absolute Gasteiger partial charge is 0.342 e. The maximum Gasteiger partial charge on any atom is 0.294 e. The standard InChI is InChI=1S/C15H18N4O3/c1-3-4-8-17(2)15(20)12-5-6-13(14(10-12)19(21)22)18-9-7-16-11-18/h5-7,9-11H,3-4,8H2,1-2H3.